The van der Waals surface area contributed by atoms with Gasteiger partial charge in [-0.2, -0.15) is 13.2 Å². The zero-order valence-electron chi connectivity index (χ0n) is 15.6. The molecule has 0 aliphatic rings. The van der Waals surface area contributed by atoms with Gasteiger partial charge in [0.1, 0.15) is 18.1 Å². The fraction of sp³-hybridized carbons (Fsp3) is 0.400. The summed E-state index contributed by atoms with van der Waals surface area (Å²) in [6.45, 7) is 8.63. The van der Waals surface area contributed by atoms with Gasteiger partial charge < -0.3 is 14.6 Å². The summed E-state index contributed by atoms with van der Waals surface area (Å²) in [5, 5.41) is 7.57. The van der Waals surface area contributed by atoms with Crippen molar-refractivity contribution in [2.45, 2.75) is 40.5 Å². The Balaban J connectivity index is 0.00000113. The molecule has 0 bridgehead atoms. The van der Waals surface area contributed by atoms with Gasteiger partial charge >= 0.3 is 6.18 Å². The Bertz CT molecular complexity index is 579. The van der Waals surface area contributed by atoms with E-state index < -0.39 is 11.7 Å². The maximum Gasteiger partial charge on any atom is 0.416 e. The van der Waals surface area contributed by atoms with E-state index in [0.29, 0.717) is 17.9 Å². The SMILES string of the molecule is CC.CCO.CCOc1ccc(OCc2ccc(C(F)(F)F)cc2)cc1. The van der Waals surface area contributed by atoms with Crippen molar-refractivity contribution >= 4 is 0 Å². The monoisotopic (exact) mass is 372 g/mol. The molecule has 2 aromatic rings. The molecule has 0 aliphatic heterocycles. The van der Waals surface area contributed by atoms with Crippen LogP contribution in [0.4, 0.5) is 13.2 Å². The second-order valence-electron chi connectivity index (χ2n) is 4.70. The number of aliphatic hydroxyl groups excluding tert-OH is 1. The van der Waals surface area contributed by atoms with Gasteiger partial charge in [-0.15, -0.1) is 0 Å². The maximum absolute atomic E-state index is 12.4. The van der Waals surface area contributed by atoms with Crippen LogP contribution in [-0.4, -0.2) is 18.3 Å². The lowest BCUT2D eigenvalue weighted by Crippen LogP contribution is -2.05. The minimum atomic E-state index is -4.31. The van der Waals surface area contributed by atoms with E-state index in [0.717, 1.165) is 17.9 Å². The molecular formula is C20H27F3O3. The van der Waals surface area contributed by atoms with Crippen LogP contribution in [0.3, 0.4) is 0 Å². The molecule has 0 fully saturated rings. The van der Waals surface area contributed by atoms with Crippen molar-refractivity contribution in [1.82, 2.24) is 0 Å². The lowest BCUT2D eigenvalue weighted by molar-refractivity contribution is -0.137. The Hall–Kier alpha value is -2.21. The standard InChI is InChI=1S/C16H15F3O2.C2H6O.C2H6/c1-2-20-14-7-9-15(10-8-14)21-11-12-3-5-13(6-4-12)16(17,18)19;1-2-3;1-2/h3-10H,2,11H2,1H3;3H,2H2,1H3;1-2H3. The van der Waals surface area contributed by atoms with Crippen LogP contribution in [0.5, 0.6) is 11.5 Å². The number of aliphatic hydroxyl groups is 1. The summed E-state index contributed by atoms with van der Waals surface area (Å²) in [4.78, 5) is 0. The summed E-state index contributed by atoms with van der Waals surface area (Å²) in [5.74, 6) is 1.39. The number of halogens is 3. The summed E-state index contributed by atoms with van der Waals surface area (Å²) in [6.07, 6.45) is -4.31. The van der Waals surface area contributed by atoms with Crippen molar-refractivity contribution in [3.05, 3.63) is 59.7 Å². The fourth-order valence-electron chi connectivity index (χ4n) is 1.76. The van der Waals surface area contributed by atoms with Crippen LogP contribution >= 0.6 is 0 Å². The smallest absolute Gasteiger partial charge is 0.416 e. The van der Waals surface area contributed by atoms with Crippen molar-refractivity contribution in [3.8, 4) is 11.5 Å². The summed E-state index contributed by atoms with van der Waals surface area (Å²) in [7, 11) is 0. The third-order valence-corrected chi connectivity index (χ3v) is 2.82. The Morgan fingerprint density at radius 1 is 0.808 bits per heavy atom. The average Bonchev–Trinajstić information content (AvgIpc) is 2.63. The summed E-state index contributed by atoms with van der Waals surface area (Å²) >= 11 is 0. The van der Waals surface area contributed by atoms with Gasteiger partial charge in [0.25, 0.3) is 0 Å². The molecule has 0 atom stereocenters. The zero-order chi connectivity index (χ0) is 20.0. The highest BCUT2D eigenvalue weighted by Gasteiger charge is 2.29. The highest BCUT2D eigenvalue weighted by molar-refractivity contribution is 5.31. The third-order valence-electron chi connectivity index (χ3n) is 2.82. The second kappa shape index (κ2) is 13.1. The van der Waals surface area contributed by atoms with Gasteiger partial charge in [-0.05, 0) is 55.8 Å². The first-order chi connectivity index (χ1) is 12.4. The van der Waals surface area contributed by atoms with E-state index in [4.69, 9.17) is 14.6 Å². The first kappa shape index (κ1) is 23.8. The minimum Gasteiger partial charge on any atom is -0.494 e. The second-order valence-corrected chi connectivity index (χ2v) is 4.70. The highest BCUT2D eigenvalue weighted by Crippen LogP contribution is 2.29. The molecule has 0 heterocycles. The Kier molecular flexibility index (Phi) is 11.9. The molecule has 2 aromatic carbocycles. The van der Waals surface area contributed by atoms with Crippen molar-refractivity contribution in [2.75, 3.05) is 13.2 Å². The topological polar surface area (TPSA) is 38.7 Å². The maximum atomic E-state index is 12.4. The first-order valence-corrected chi connectivity index (χ1v) is 8.53. The quantitative estimate of drug-likeness (QED) is 0.731. The normalized spacial score (nSPS) is 10.0. The van der Waals surface area contributed by atoms with Crippen molar-refractivity contribution in [3.63, 3.8) is 0 Å². The van der Waals surface area contributed by atoms with Crippen LogP contribution in [0.15, 0.2) is 48.5 Å². The number of ether oxygens (including phenoxy) is 2. The summed E-state index contributed by atoms with van der Waals surface area (Å²) < 4.78 is 48.1. The van der Waals surface area contributed by atoms with Gasteiger partial charge in [-0.1, -0.05) is 26.0 Å². The number of benzene rings is 2. The van der Waals surface area contributed by atoms with E-state index in [1.165, 1.54) is 12.1 Å². The van der Waals surface area contributed by atoms with E-state index in [-0.39, 0.29) is 13.2 Å². The number of alkyl halides is 3. The van der Waals surface area contributed by atoms with Crippen LogP contribution in [0.2, 0.25) is 0 Å². The van der Waals surface area contributed by atoms with E-state index in [1.807, 2.05) is 20.8 Å². The largest absolute Gasteiger partial charge is 0.494 e. The van der Waals surface area contributed by atoms with Gasteiger partial charge in [0.2, 0.25) is 0 Å². The van der Waals surface area contributed by atoms with Gasteiger partial charge in [0.15, 0.2) is 0 Å². The molecule has 0 aliphatic carbocycles. The molecule has 1 N–H and O–H groups in total. The molecule has 0 radical (unpaired) electrons. The molecule has 0 spiro atoms. The zero-order valence-corrected chi connectivity index (χ0v) is 15.6. The Morgan fingerprint density at radius 2 is 1.23 bits per heavy atom. The molecule has 0 aromatic heterocycles. The lowest BCUT2D eigenvalue weighted by Gasteiger charge is -2.09. The lowest BCUT2D eigenvalue weighted by atomic mass is 10.1. The summed E-state index contributed by atoms with van der Waals surface area (Å²) in [5.41, 5.74) is 0.0178. The van der Waals surface area contributed by atoms with Crippen molar-refractivity contribution in [1.29, 1.82) is 0 Å². The molecule has 26 heavy (non-hydrogen) atoms. The van der Waals surface area contributed by atoms with Crippen molar-refractivity contribution < 1.29 is 27.8 Å². The first-order valence-electron chi connectivity index (χ1n) is 8.53. The number of rotatable bonds is 5. The molecule has 0 saturated carbocycles. The minimum absolute atomic E-state index is 0.214. The van der Waals surface area contributed by atoms with Gasteiger partial charge in [0, 0.05) is 6.61 Å². The molecule has 0 unspecified atom stereocenters. The van der Waals surface area contributed by atoms with Crippen LogP contribution in [0.25, 0.3) is 0 Å². The molecule has 146 valence electrons. The summed E-state index contributed by atoms with van der Waals surface area (Å²) in [6, 6.07) is 12.0. The number of hydrogen-bond donors (Lipinski definition) is 1. The van der Waals surface area contributed by atoms with Gasteiger partial charge in [0.05, 0.1) is 12.2 Å². The third kappa shape index (κ3) is 9.32. The molecule has 6 heteroatoms. The highest BCUT2D eigenvalue weighted by atomic mass is 19.4. The molecule has 0 amide bonds. The van der Waals surface area contributed by atoms with Crippen LogP contribution in [0.1, 0.15) is 38.8 Å². The predicted molar refractivity (Wildman–Crippen MR) is 97.5 cm³/mol. The molecular weight excluding hydrogens is 345 g/mol. The van der Waals surface area contributed by atoms with Crippen LogP contribution in [-0.2, 0) is 12.8 Å². The van der Waals surface area contributed by atoms with E-state index in [9.17, 15) is 13.2 Å². The Labute approximate surface area is 153 Å². The van der Waals surface area contributed by atoms with Crippen molar-refractivity contribution in [2.24, 2.45) is 0 Å². The fourth-order valence-corrected chi connectivity index (χ4v) is 1.76. The Morgan fingerprint density at radius 3 is 1.62 bits per heavy atom. The van der Waals surface area contributed by atoms with Gasteiger partial charge in [-0.3, -0.25) is 0 Å². The molecule has 0 saturated heterocycles. The predicted octanol–water partition coefficient (Wildman–Crippen LogP) is 5.71. The van der Waals surface area contributed by atoms with E-state index in [1.54, 1.807) is 31.2 Å². The molecule has 2 rings (SSSR count). The average molecular weight is 372 g/mol. The number of hydrogen-bond acceptors (Lipinski definition) is 3. The van der Waals surface area contributed by atoms with Crippen LogP contribution < -0.4 is 9.47 Å². The molecule has 3 nitrogen and oxygen atoms in total. The van der Waals surface area contributed by atoms with Crippen LogP contribution in [0, 0.1) is 0 Å². The van der Waals surface area contributed by atoms with E-state index >= 15 is 0 Å². The van der Waals surface area contributed by atoms with E-state index in [2.05, 4.69) is 0 Å². The van der Waals surface area contributed by atoms with Gasteiger partial charge in [-0.25, -0.2) is 0 Å².